The summed E-state index contributed by atoms with van der Waals surface area (Å²) in [5, 5.41) is 12.3. The Hall–Kier alpha value is -1.73. The van der Waals surface area contributed by atoms with E-state index < -0.39 is 13.9 Å². The SMILES string of the molecule is C=C[C@@]1(O)CN2CC[C@H]1C[C@@H]2[C@@H](O[Si](C)(C)C(C)(C)C)c1ccnc2ccc(OC)cc12. The lowest BCUT2D eigenvalue weighted by atomic mass is 9.71. The lowest BCUT2D eigenvalue weighted by Gasteiger charge is -2.56. The first-order valence-electron chi connectivity index (χ1n) is 11.7. The molecule has 4 heterocycles. The predicted octanol–water partition coefficient (Wildman–Crippen LogP) is 5.32. The summed E-state index contributed by atoms with van der Waals surface area (Å²) in [4.78, 5) is 7.03. The molecule has 1 unspecified atom stereocenters. The zero-order valence-electron chi connectivity index (χ0n) is 20.4. The molecule has 2 bridgehead atoms. The summed E-state index contributed by atoms with van der Waals surface area (Å²) in [6.07, 6.45) is 5.44. The second-order valence-electron chi connectivity index (χ2n) is 11.0. The highest BCUT2D eigenvalue weighted by Crippen LogP contribution is 2.48. The van der Waals surface area contributed by atoms with Crippen LogP contribution in [0.1, 0.15) is 45.3 Å². The summed E-state index contributed by atoms with van der Waals surface area (Å²) in [6.45, 7) is 17.0. The zero-order valence-corrected chi connectivity index (χ0v) is 21.4. The van der Waals surface area contributed by atoms with Crippen molar-refractivity contribution in [3.05, 3.63) is 48.7 Å². The Labute approximate surface area is 193 Å². The quantitative estimate of drug-likeness (QED) is 0.473. The van der Waals surface area contributed by atoms with Gasteiger partial charge in [0.2, 0.25) is 0 Å². The molecular formula is C26H38N2O3Si. The molecule has 174 valence electrons. The monoisotopic (exact) mass is 454 g/mol. The second kappa shape index (κ2) is 8.24. The summed E-state index contributed by atoms with van der Waals surface area (Å²) in [6, 6.07) is 8.38. The third kappa shape index (κ3) is 4.02. The van der Waals surface area contributed by atoms with Crippen LogP contribution in [0.5, 0.6) is 5.75 Å². The van der Waals surface area contributed by atoms with E-state index in [4.69, 9.17) is 9.16 Å². The van der Waals surface area contributed by atoms with Gasteiger partial charge >= 0.3 is 0 Å². The molecule has 1 N–H and O–H groups in total. The molecule has 1 aromatic carbocycles. The molecule has 1 aromatic heterocycles. The van der Waals surface area contributed by atoms with Gasteiger partial charge in [0.25, 0.3) is 0 Å². The molecule has 3 saturated heterocycles. The third-order valence-electron chi connectivity index (χ3n) is 8.14. The van der Waals surface area contributed by atoms with Crippen LogP contribution < -0.4 is 4.74 Å². The molecule has 5 nitrogen and oxygen atoms in total. The number of aromatic nitrogens is 1. The van der Waals surface area contributed by atoms with Gasteiger partial charge in [0.05, 0.1) is 24.3 Å². The van der Waals surface area contributed by atoms with Gasteiger partial charge in [0.1, 0.15) is 5.75 Å². The first-order valence-corrected chi connectivity index (χ1v) is 14.6. The first kappa shape index (κ1) is 23.4. The number of nitrogens with zero attached hydrogens (tertiary/aromatic N) is 2. The van der Waals surface area contributed by atoms with Crippen LogP contribution in [0.25, 0.3) is 10.9 Å². The minimum Gasteiger partial charge on any atom is -0.497 e. The lowest BCUT2D eigenvalue weighted by molar-refractivity contribution is -0.125. The van der Waals surface area contributed by atoms with Gasteiger partial charge in [-0.3, -0.25) is 9.88 Å². The number of rotatable bonds is 6. The first-order chi connectivity index (χ1) is 15.0. The lowest BCUT2D eigenvalue weighted by Crippen LogP contribution is -2.64. The number of pyridine rings is 1. The number of methoxy groups -OCH3 is 1. The van der Waals surface area contributed by atoms with E-state index >= 15 is 0 Å². The smallest absolute Gasteiger partial charge is 0.192 e. The summed E-state index contributed by atoms with van der Waals surface area (Å²) in [5.74, 6) is 1.03. The predicted molar refractivity (Wildman–Crippen MR) is 133 cm³/mol. The molecule has 0 spiro atoms. The molecule has 5 atom stereocenters. The van der Waals surface area contributed by atoms with E-state index in [1.807, 2.05) is 18.3 Å². The van der Waals surface area contributed by atoms with Crippen molar-refractivity contribution in [1.82, 2.24) is 9.88 Å². The Balaban J connectivity index is 1.82. The van der Waals surface area contributed by atoms with Gasteiger partial charge in [-0.1, -0.05) is 26.8 Å². The zero-order chi connectivity index (χ0) is 23.3. The van der Waals surface area contributed by atoms with Gasteiger partial charge in [0.15, 0.2) is 8.32 Å². The summed E-state index contributed by atoms with van der Waals surface area (Å²) < 4.78 is 12.7. The van der Waals surface area contributed by atoms with Crippen LogP contribution >= 0.6 is 0 Å². The molecule has 3 aliphatic heterocycles. The molecule has 0 aliphatic carbocycles. The maximum atomic E-state index is 11.1. The standard InChI is InChI=1S/C26H38N2O3Si/c1-8-26(29)17-28-14-12-18(26)15-23(28)24(31-32(6,7)25(2,3)4)20-11-13-27-22-10-9-19(30-5)16-21(20)22/h8-11,13,16,18,23-24,29H,1,12,14-15,17H2,2-7H3/t18-,23+,24-,26+/m0/s1. The number of aliphatic hydroxyl groups is 1. The molecule has 2 aromatic rings. The summed E-state index contributed by atoms with van der Waals surface area (Å²) in [7, 11) is -0.379. The average Bonchev–Trinajstić information content (AvgIpc) is 2.76. The van der Waals surface area contributed by atoms with Crippen molar-refractivity contribution in [1.29, 1.82) is 0 Å². The van der Waals surface area contributed by atoms with Gasteiger partial charge in [0, 0.05) is 24.2 Å². The van der Waals surface area contributed by atoms with Crippen LogP contribution in [0.4, 0.5) is 0 Å². The largest absolute Gasteiger partial charge is 0.497 e. The van der Waals surface area contributed by atoms with E-state index in [1.54, 1.807) is 13.2 Å². The Kier molecular flexibility index (Phi) is 6.03. The molecular weight excluding hydrogens is 416 g/mol. The number of benzene rings is 1. The molecule has 0 saturated carbocycles. The highest BCUT2D eigenvalue weighted by atomic mass is 28.4. The van der Waals surface area contributed by atoms with Crippen LogP contribution in [0.15, 0.2) is 43.1 Å². The van der Waals surface area contributed by atoms with Crippen molar-refractivity contribution >= 4 is 19.2 Å². The Morgan fingerprint density at radius 3 is 2.66 bits per heavy atom. The molecule has 0 radical (unpaired) electrons. The minimum absolute atomic E-state index is 0.0920. The fraction of sp³-hybridized carbons (Fsp3) is 0.577. The number of ether oxygens (including phenoxy) is 1. The van der Waals surface area contributed by atoms with Crippen molar-refractivity contribution in [2.45, 2.75) is 69.5 Å². The number of hydrogen-bond acceptors (Lipinski definition) is 5. The fourth-order valence-corrected chi connectivity index (χ4v) is 6.33. The van der Waals surface area contributed by atoms with E-state index in [2.05, 4.69) is 62.5 Å². The maximum Gasteiger partial charge on any atom is 0.192 e. The Morgan fingerprint density at radius 1 is 1.31 bits per heavy atom. The van der Waals surface area contributed by atoms with E-state index in [0.717, 1.165) is 36.0 Å². The highest BCUT2D eigenvalue weighted by Gasteiger charge is 2.51. The van der Waals surface area contributed by atoms with Crippen LogP contribution in [-0.2, 0) is 4.43 Å². The molecule has 3 fully saturated rings. The van der Waals surface area contributed by atoms with E-state index in [1.165, 1.54) is 5.56 Å². The van der Waals surface area contributed by atoms with E-state index in [-0.39, 0.29) is 23.1 Å². The van der Waals surface area contributed by atoms with Crippen LogP contribution in [0.3, 0.4) is 0 Å². The minimum atomic E-state index is -2.08. The van der Waals surface area contributed by atoms with Crippen LogP contribution in [-0.4, -0.2) is 55.2 Å². The van der Waals surface area contributed by atoms with Crippen LogP contribution in [0, 0.1) is 5.92 Å². The molecule has 0 amide bonds. The molecule has 3 aliphatic rings. The fourth-order valence-electron chi connectivity index (χ4n) is 5.06. The summed E-state index contributed by atoms with van der Waals surface area (Å²) in [5.41, 5.74) is 1.31. The van der Waals surface area contributed by atoms with Crippen molar-refractivity contribution < 1.29 is 14.3 Å². The van der Waals surface area contributed by atoms with Crippen LogP contribution in [0.2, 0.25) is 18.1 Å². The molecule has 6 heteroatoms. The van der Waals surface area contributed by atoms with Gasteiger partial charge in [-0.2, -0.15) is 0 Å². The Morgan fingerprint density at radius 2 is 2.06 bits per heavy atom. The normalized spacial score (nSPS) is 29.2. The van der Waals surface area contributed by atoms with Gasteiger partial charge in [-0.25, -0.2) is 0 Å². The van der Waals surface area contributed by atoms with E-state index in [0.29, 0.717) is 6.54 Å². The topological polar surface area (TPSA) is 54.8 Å². The summed E-state index contributed by atoms with van der Waals surface area (Å²) >= 11 is 0. The third-order valence-corrected chi connectivity index (χ3v) is 12.6. The van der Waals surface area contributed by atoms with E-state index in [9.17, 15) is 5.11 Å². The van der Waals surface area contributed by atoms with Crippen molar-refractivity contribution in [2.75, 3.05) is 20.2 Å². The number of fused-ring (bicyclic) bond motifs is 4. The van der Waals surface area contributed by atoms with Crippen molar-refractivity contribution in [2.24, 2.45) is 5.92 Å². The van der Waals surface area contributed by atoms with Crippen molar-refractivity contribution in [3.8, 4) is 5.75 Å². The number of piperidine rings is 3. The van der Waals surface area contributed by atoms with Gasteiger partial charge in [-0.15, -0.1) is 6.58 Å². The molecule has 5 rings (SSSR count). The maximum absolute atomic E-state index is 11.1. The Bertz CT molecular complexity index is 1000. The van der Waals surface area contributed by atoms with Gasteiger partial charge < -0.3 is 14.3 Å². The van der Waals surface area contributed by atoms with Crippen molar-refractivity contribution in [3.63, 3.8) is 0 Å². The molecule has 32 heavy (non-hydrogen) atoms. The average molecular weight is 455 g/mol. The highest BCUT2D eigenvalue weighted by molar-refractivity contribution is 6.74. The van der Waals surface area contributed by atoms with Gasteiger partial charge in [-0.05, 0) is 73.3 Å². The second-order valence-corrected chi connectivity index (χ2v) is 15.8. The number of hydrogen-bond donors (Lipinski definition) is 1.